The van der Waals surface area contributed by atoms with Gasteiger partial charge < -0.3 is 14.6 Å². The number of unbranched alkanes of at least 4 members (excludes halogenated alkanes) is 1. The zero-order valence-corrected chi connectivity index (χ0v) is 12.6. The summed E-state index contributed by atoms with van der Waals surface area (Å²) >= 11 is 0. The molecule has 1 N–H and O–H groups in total. The largest absolute Gasteiger partial charge is 0.507 e. The van der Waals surface area contributed by atoms with Crippen molar-refractivity contribution in [2.45, 2.75) is 26.4 Å². The highest BCUT2D eigenvalue weighted by Crippen LogP contribution is 2.25. The number of hydrogen-bond acceptors (Lipinski definition) is 4. The summed E-state index contributed by atoms with van der Waals surface area (Å²) in [6.45, 7) is 2.78. The fourth-order valence-electron chi connectivity index (χ4n) is 1.90. The molecule has 2 rings (SSSR count). The first-order chi connectivity index (χ1) is 10.7. The molecular weight excluding hydrogens is 280 g/mol. The van der Waals surface area contributed by atoms with E-state index in [1.165, 1.54) is 12.1 Å². The monoisotopic (exact) mass is 300 g/mol. The Morgan fingerprint density at radius 2 is 1.91 bits per heavy atom. The van der Waals surface area contributed by atoms with Crippen LogP contribution in [0.4, 0.5) is 0 Å². The third kappa shape index (κ3) is 4.52. The molecule has 0 spiro atoms. The Bertz CT molecular complexity index is 608. The van der Waals surface area contributed by atoms with Crippen molar-refractivity contribution in [3.8, 4) is 11.5 Å². The number of carbonyl (C=O) groups excluding carboxylic acids is 1. The van der Waals surface area contributed by atoms with Gasteiger partial charge in [-0.2, -0.15) is 0 Å². The highest BCUT2D eigenvalue weighted by atomic mass is 16.5. The molecule has 2 aromatic rings. The van der Waals surface area contributed by atoms with Crippen molar-refractivity contribution in [3.63, 3.8) is 0 Å². The molecule has 0 bridgehead atoms. The second-order valence-electron chi connectivity index (χ2n) is 4.94. The van der Waals surface area contributed by atoms with Crippen LogP contribution in [0, 0.1) is 0 Å². The summed E-state index contributed by atoms with van der Waals surface area (Å²) in [7, 11) is 0. The van der Waals surface area contributed by atoms with Crippen molar-refractivity contribution < 1.29 is 19.4 Å². The van der Waals surface area contributed by atoms with Gasteiger partial charge in [0.05, 0.1) is 6.61 Å². The van der Waals surface area contributed by atoms with Gasteiger partial charge in [-0.15, -0.1) is 0 Å². The summed E-state index contributed by atoms with van der Waals surface area (Å²) in [5.41, 5.74) is 1.19. The van der Waals surface area contributed by atoms with E-state index in [-0.39, 0.29) is 11.3 Å². The fourth-order valence-corrected chi connectivity index (χ4v) is 1.90. The molecule has 0 aliphatic carbocycles. The van der Waals surface area contributed by atoms with E-state index in [9.17, 15) is 9.90 Å². The lowest BCUT2D eigenvalue weighted by Crippen LogP contribution is -2.06. The number of benzene rings is 2. The van der Waals surface area contributed by atoms with Crippen LogP contribution in [0.1, 0.15) is 35.7 Å². The van der Waals surface area contributed by atoms with E-state index in [1.54, 1.807) is 6.07 Å². The number of esters is 1. The molecule has 0 aromatic heterocycles. The Balaban J connectivity index is 1.95. The number of rotatable bonds is 7. The zero-order chi connectivity index (χ0) is 15.8. The topological polar surface area (TPSA) is 55.8 Å². The maximum atomic E-state index is 11.8. The van der Waals surface area contributed by atoms with Crippen molar-refractivity contribution in [3.05, 3.63) is 59.7 Å². The van der Waals surface area contributed by atoms with Gasteiger partial charge >= 0.3 is 5.97 Å². The molecule has 0 aliphatic heterocycles. The minimum atomic E-state index is -0.513. The summed E-state index contributed by atoms with van der Waals surface area (Å²) in [4.78, 5) is 11.8. The minimum Gasteiger partial charge on any atom is -0.507 e. The van der Waals surface area contributed by atoms with Gasteiger partial charge in [-0.3, -0.25) is 0 Å². The van der Waals surface area contributed by atoms with Crippen LogP contribution in [0.2, 0.25) is 0 Å². The Morgan fingerprint density at radius 1 is 1.14 bits per heavy atom. The highest BCUT2D eigenvalue weighted by molar-refractivity contribution is 5.92. The second kappa shape index (κ2) is 8.08. The van der Waals surface area contributed by atoms with E-state index in [0.29, 0.717) is 19.0 Å². The van der Waals surface area contributed by atoms with Crippen molar-refractivity contribution in [1.82, 2.24) is 0 Å². The van der Waals surface area contributed by atoms with E-state index >= 15 is 0 Å². The first-order valence-corrected chi connectivity index (χ1v) is 7.37. The lowest BCUT2D eigenvalue weighted by Gasteiger charge is -2.09. The van der Waals surface area contributed by atoms with Crippen LogP contribution in [0.15, 0.2) is 48.5 Å². The molecule has 0 fully saturated rings. The molecule has 0 unspecified atom stereocenters. The molecule has 0 saturated carbocycles. The molecule has 0 atom stereocenters. The molecular formula is C18H20O4. The lowest BCUT2D eigenvalue weighted by molar-refractivity contribution is 0.0496. The van der Waals surface area contributed by atoms with Crippen LogP contribution in [0.5, 0.6) is 11.5 Å². The van der Waals surface area contributed by atoms with Gasteiger partial charge in [0.1, 0.15) is 23.7 Å². The second-order valence-corrected chi connectivity index (χ2v) is 4.94. The van der Waals surface area contributed by atoms with Crippen LogP contribution in [-0.4, -0.2) is 17.7 Å². The Morgan fingerprint density at radius 3 is 2.59 bits per heavy atom. The van der Waals surface area contributed by atoms with Crippen molar-refractivity contribution in [2.24, 2.45) is 0 Å². The summed E-state index contributed by atoms with van der Waals surface area (Å²) in [6.07, 6.45) is 1.76. The van der Waals surface area contributed by atoms with Gasteiger partial charge in [0.2, 0.25) is 0 Å². The van der Waals surface area contributed by atoms with Crippen molar-refractivity contribution in [1.29, 1.82) is 0 Å². The van der Waals surface area contributed by atoms with Gasteiger partial charge in [0.25, 0.3) is 0 Å². The number of hydrogen-bond donors (Lipinski definition) is 1. The number of carbonyl (C=O) groups is 1. The molecule has 4 heteroatoms. The average Bonchev–Trinajstić information content (AvgIpc) is 2.54. The van der Waals surface area contributed by atoms with E-state index in [2.05, 4.69) is 0 Å². The van der Waals surface area contributed by atoms with Crippen LogP contribution < -0.4 is 4.74 Å². The maximum Gasteiger partial charge on any atom is 0.341 e. The fraction of sp³-hybridized carbons (Fsp3) is 0.278. The molecule has 0 saturated heterocycles. The van der Waals surface area contributed by atoms with Gasteiger partial charge in [-0.05, 0) is 24.1 Å². The molecule has 2 aromatic carbocycles. The highest BCUT2D eigenvalue weighted by Gasteiger charge is 2.13. The number of ether oxygens (including phenoxy) is 2. The number of phenols is 1. The summed E-state index contributed by atoms with van der Waals surface area (Å²) in [5.74, 6) is -0.140. The van der Waals surface area contributed by atoms with Crippen LogP contribution in [0.3, 0.4) is 0 Å². The first-order valence-electron chi connectivity index (χ1n) is 7.37. The number of aromatic hydroxyl groups is 1. The number of phenolic OH excluding ortho intramolecular Hbond substituents is 1. The molecule has 116 valence electrons. The minimum absolute atomic E-state index is 0.132. The Labute approximate surface area is 130 Å². The molecule has 0 heterocycles. The third-order valence-electron chi connectivity index (χ3n) is 3.17. The summed E-state index contributed by atoms with van der Waals surface area (Å²) in [5, 5.41) is 9.93. The maximum absolute atomic E-state index is 11.8. The smallest absolute Gasteiger partial charge is 0.341 e. The van der Waals surface area contributed by atoms with Crippen LogP contribution in [-0.2, 0) is 11.3 Å². The summed E-state index contributed by atoms with van der Waals surface area (Å²) in [6, 6.07) is 14.3. The van der Waals surface area contributed by atoms with E-state index in [4.69, 9.17) is 9.47 Å². The lowest BCUT2D eigenvalue weighted by atomic mass is 10.2. The van der Waals surface area contributed by atoms with E-state index in [1.807, 2.05) is 37.3 Å². The van der Waals surface area contributed by atoms with Crippen molar-refractivity contribution >= 4 is 5.97 Å². The van der Waals surface area contributed by atoms with E-state index in [0.717, 1.165) is 18.4 Å². The summed E-state index contributed by atoms with van der Waals surface area (Å²) < 4.78 is 10.7. The van der Waals surface area contributed by atoms with Gasteiger partial charge in [-0.25, -0.2) is 4.79 Å². The zero-order valence-electron chi connectivity index (χ0n) is 12.6. The van der Waals surface area contributed by atoms with Crippen LogP contribution in [0.25, 0.3) is 0 Å². The molecule has 22 heavy (non-hydrogen) atoms. The first kappa shape index (κ1) is 15.9. The third-order valence-corrected chi connectivity index (χ3v) is 3.17. The van der Waals surface area contributed by atoms with Gasteiger partial charge in [0.15, 0.2) is 0 Å². The molecule has 0 aliphatic rings. The Hall–Kier alpha value is -2.49. The molecule has 0 amide bonds. The van der Waals surface area contributed by atoms with Gasteiger partial charge in [-0.1, -0.05) is 43.7 Å². The predicted molar refractivity (Wildman–Crippen MR) is 84.1 cm³/mol. The molecule has 4 nitrogen and oxygen atoms in total. The van der Waals surface area contributed by atoms with Crippen LogP contribution >= 0.6 is 0 Å². The average molecular weight is 300 g/mol. The van der Waals surface area contributed by atoms with Gasteiger partial charge in [0, 0.05) is 6.07 Å². The van der Waals surface area contributed by atoms with E-state index < -0.39 is 5.97 Å². The SMILES string of the molecule is CCCCOC(=O)c1ccc(OCc2ccccc2)cc1O. The standard InChI is InChI=1S/C18H20O4/c1-2-3-11-21-18(20)16-10-9-15(12-17(16)19)22-13-14-7-5-4-6-8-14/h4-10,12,19H,2-3,11,13H2,1H3. The normalized spacial score (nSPS) is 10.2. The Kier molecular flexibility index (Phi) is 5.83. The molecule has 0 radical (unpaired) electrons. The quantitative estimate of drug-likeness (QED) is 0.622. The predicted octanol–water partition coefficient (Wildman–Crippen LogP) is 3.93. The van der Waals surface area contributed by atoms with Crippen molar-refractivity contribution in [2.75, 3.05) is 6.61 Å².